The minimum absolute atomic E-state index is 0.160. The molecule has 1 unspecified atom stereocenters. The first kappa shape index (κ1) is 13.4. The molecule has 1 aromatic rings. The van der Waals surface area contributed by atoms with Crippen molar-refractivity contribution in [1.29, 1.82) is 0 Å². The summed E-state index contributed by atoms with van der Waals surface area (Å²) in [6, 6.07) is 6.94. The van der Waals surface area contributed by atoms with Gasteiger partial charge >= 0.3 is 5.97 Å². The van der Waals surface area contributed by atoms with Gasteiger partial charge in [-0.1, -0.05) is 12.1 Å². The first-order chi connectivity index (χ1) is 8.30. The van der Waals surface area contributed by atoms with E-state index in [0.717, 1.165) is 12.1 Å². The van der Waals surface area contributed by atoms with Gasteiger partial charge in [0.2, 0.25) is 0 Å². The molecule has 1 aromatic carbocycles. The monoisotopic (exact) mass is 267 g/mol. The van der Waals surface area contributed by atoms with Gasteiger partial charge in [-0.2, -0.15) is 0 Å². The summed E-state index contributed by atoms with van der Waals surface area (Å²) in [5.74, 6) is -0.924. The highest BCUT2D eigenvalue weighted by molar-refractivity contribution is 7.90. The number of nitrogens with zero attached hydrogens (tertiary/aromatic N) is 1. The molecule has 0 aromatic heterocycles. The third-order valence-corrected chi connectivity index (χ3v) is 4.72. The summed E-state index contributed by atoms with van der Waals surface area (Å²) in [5, 5.41) is 8.82. The number of hydrogen-bond donors (Lipinski definition) is 1. The van der Waals surface area contributed by atoms with E-state index in [4.69, 9.17) is 5.11 Å². The van der Waals surface area contributed by atoms with Crippen LogP contribution in [-0.2, 0) is 11.4 Å². The number of carbonyl (C=O) groups is 1. The lowest BCUT2D eigenvalue weighted by Gasteiger charge is -2.24. The Bertz CT molecular complexity index is 452. The first-order valence-electron chi connectivity index (χ1n) is 5.82. The maximum Gasteiger partial charge on any atom is 0.335 e. The molecule has 1 saturated heterocycles. The fourth-order valence-corrected chi connectivity index (χ4v) is 3.11. The predicted molar refractivity (Wildman–Crippen MR) is 70.7 cm³/mol. The number of hydrogen-bond acceptors (Lipinski definition) is 3. The zero-order valence-electron chi connectivity index (χ0n) is 10.7. The molecule has 5 heteroatoms. The largest absolute Gasteiger partial charge is 0.597 e. The number of carboxylic acid groups (broad SMARTS) is 1. The molecule has 0 amide bonds. The van der Waals surface area contributed by atoms with Gasteiger partial charge in [0.15, 0.2) is 0 Å². The van der Waals surface area contributed by atoms with Gasteiger partial charge in [0.05, 0.1) is 18.2 Å². The zero-order valence-corrected chi connectivity index (χ0v) is 11.5. The second-order valence-electron chi connectivity index (χ2n) is 5.40. The Labute approximate surface area is 110 Å². The van der Waals surface area contributed by atoms with Crippen molar-refractivity contribution >= 4 is 17.3 Å². The van der Waals surface area contributed by atoms with Crippen molar-refractivity contribution in [2.24, 2.45) is 0 Å². The van der Waals surface area contributed by atoms with E-state index in [1.807, 2.05) is 25.1 Å². The van der Waals surface area contributed by atoms with Crippen LogP contribution in [0.2, 0.25) is 0 Å². The molecule has 0 bridgehead atoms. The summed E-state index contributed by atoms with van der Waals surface area (Å²) in [6.45, 7) is 6.63. The Morgan fingerprint density at radius 2 is 1.94 bits per heavy atom. The fraction of sp³-hybridized carbons (Fsp3) is 0.462. The lowest BCUT2D eigenvalue weighted by atomic mass is 10.1. The minimum Gasteiger partial charge on any atom is -0.597 e. The second-order valence-corrected chi connectivity index (χ2v) is 7.60. The van der Waals surface area contributed by atoms with Gasteiger partial charge in [0.1, 0.15) is 4.75 Å². The molecule has 0 saturated carbocycles. The molecular formula is C13H17NO3S. The molecule has 0 aliphatic carbocycles. The molecule has 2 rings (SSSR count). The van der Waals surface area contributed by atoms with Gasteiger partial charge in [-0.05, 0) is 38.5 Å². The molecule has 1 aliphatic rings. The molecule has 1 heterocycles. The molecule has 4 nitrogen and oxygen atoms in total. The van der Waals surface area contributed by atoms with Crippen molar-refractivity contribution in [3.05, 3.63) is 35.4 Å². The van der Waals surface area contributed by atoms with E-state index in [0.29, 0.717) is 0 Å². The van der Waals surface area contributed by atoms with E-state index in [9.17, 15) is 9.35 Å². The zero-order chi connectivity index (χ0) is 13.5. The Balaban J connectivity index is 2.06. The minimum atomic E-state index is -1.01. The van der Waals surface area contributed by atoms with Crippen molar-refractivity contribution < 1.29 is 14.5 Å². The van der Waals surface area contributed by atoms with Crippen LogP contribution in [-0.4, -0.2) is 31.2 Å². The van der Waals surface area contributed by atoms with Gasteiger partial charge < -0.3 is 9.66 Å². The molecule has 1 aliphatic heterocycles. The summed E-state index contributed by atoms with van der Waals surface area (Å²) in [5.41, 5.74) is 1.31. The van der Waals surface area contributed by atoms with E-state index >= 15 is 0 Å². The van der Waals surface area contributed by atoms with Gasteiger partial charge in [-0.25, -0.2) is 4.79 Å². The van der Waals surface area contributed by atoms with Gasteiger partial charge in [0.25, 0.3) is 0 Å². The summed E-state index contributed by atoms with van der Waals surface area (Å²) in [4.78, 5) is 10.7. The summed E-state index contributed by atoms with van der Waals surface area (Å²) < 4.78 is 13.8. The van der Waals surface area contributed by atoms with Crippen LogP contribution in [0.1, 0.15) is 42.7 Å². The SMILES string of the molecule is CC(C)(C)[S@@+]([O-])N1C[C@@H]1c1ccc(C(=O)O)cc1. The summed E-state index contributed by atoms with van der Waals surface area (Å²) >= 11 is -1.01. The van der Waals surface area contributed by atoms with E-state index in [2.05, 4.69) is 0 Å². The number of benzene rings is 1. The molecule has 1 fully saturated rings. The molecule has 0 radical (unpaired) electrons. The number of aromatic carboxylic acids is 1. The molecule has 1 N–H and O–H groups in total. The van der Waals surface area contributed by atoms with E-state index < -0.39 is 17.3 Å². The van der Waals surface area contributed by atoms with Crippen molar-refractivity contribution in [1.82, 2.24) is 4.31 Å². The van der Waals surface area contributed by atoms with Crippen molar-refractivity contribution in [2.45, 2.75) is 31.6 Å². The first-order valence-corrected chi connectivity index (χ1v) is 6.93. The van der Waals surface area contributed by atoms with Crippen LogP contribution in [0.3, 0.4) is 0 Å². The smallest absolute Gasteiger partial charge is 0.335 e. The average Bonchev–Trinajstić information content (AvgIpc) is 3.06. The topological polar surface area (TPSA) is 63.4 Å². The third kappa shape index (κ3) is 2.68. The second kappa shape index (κ2) is 4.57. The van der Waals surface area contributed by atoms with Crippen molar-refractivity contribution in [3.63, 3.8) is 0 Å². The fourth-order valence-electron chi connectivity index (χ4n) is 1.78. The maximum absolute atomic E-state index is 12.1. The van der Waals surface area contributed by atoms with Crippen LogP contribution >= 0.6 is 0 Å². The predicted octanol–water partition coefficient (Wildman–Crippen LogP) is 2.20. The lowest BCUT2D eigenvalue weighted by Crippen LogP contribution is -2.33. The third-order valence-electron chi connectivity index (χ3n) is 2.85. The van der Waals surface area contributed by atoms with Crippen LogP contribution in [0.25, 0.3) is 0 Å². The van der Waals surface area contributed by atoms with E-state index in [1.54, 1.807) is 24.3 Å². The lowest BCUT2D eigenvalue weighted by molar-refractivity contribution is 0.0697. The normalized spacial score (nSPS) is 24.7. The molecule has 3 atom stereocenters. The Morgan fingerprint density at radius 1 is 1.39 bits per heavy atom. The highest BCUT2D eigenvalue weighted by Crippen LogP contribution is 2.41. The number of carboxylic acids is 1. The highest BCUT2D eigenvalue weighted by Gasteiger charge is 2.49. The Hall–Kier alpha value is -1.04. The molecule has 18 heavy (non-hydrogen) atoms. The molecule has 98 valence electrons. The van der Waals surface area contributed by atoms with Crippen LogP contribution in [0.4, 0.5) is 0 Å². The number of rotatable bonds is 3. The summed E-state index contributed by atoms with van der Waals surface area (Å²) in [6.07, 6.45) is 0. The van der Waals surface area contributed by atoms with Gasteiger partial charge in [0, 0.05) is 11.4 Å². The van der Waals surface area contributed by atoms with E-state index in [-0.39, 0.29) is 16.4 Å². The summed E-state index contributed by atoms with van der Waals surface area (Å²) in [7, 11) is 0. The van der Waals surface area contributed by atoms with Crippen LogP contribution in [0.5, 0.6) is 0 Å². The van der Waals surface area contributed by atoms with Crippen molar-refractivity contribution in [3.8, 4) is 0 Å². The standard InChI is InChI=1S/C13H17NO3S/c1-13(2,3)18(17)14-8-11(14)9-4-6-10(7-5-9)12(15)16/h4-7,11H,8H2,1-3H3,(H,15,16)/t11-,14?,18-/m1/s1. The molecule has 0 spiro atoms. The van der Waals surface area contributed by atoms with Crippen LogP contribution in [0, 0.1) is 0 Å². The van der Waals surface area contributed by atoms with Gasteiger partial charge in [-0.3, -0.25) is 0 Å². The average molecular weight is 267 g/mol. The van der Waals surface area contributed by atoms with Crippen LogP contribution in [0.15, 0.2) is 24.3 Å². The quantitative estimate of drug-likeness (QED) is 0.673. The Morgan fingerprint density at radius 3 is 2.39 bits per heavy atom. The van der Waals surface area contributed by atoms with E-state index in [1.165, 1.54) is 0 Å². The Kier molecular flexibility index (Phi) is 3.40. The maximum atomic E-state index is 12.1. The van der Waals surface area contributed by atoms with Crippen LogP contribution < -0.4 is 0 Å². The van der Waals surface area contributed by atoms with Crippen molar-refractivity contribution in [2.75, 3.05) is 6.54 Å². The van der Waals surface area contributed by atoms with Gasteiger partial charge in [-0.15, -0.1) is 4.31 Å². The molecular weight excluding hydrogens is 250 g/mol. The highest BCUT2D eigenvalue weighted by atomic mass is 32.2.